The van der Waals surface area contributed by atoms with E-state index in [1.165, 1.54) is 0 Å². The molecule has 0 heterocycles. The fourth-order valence-electron chi connectivity index (χ4n) is 1.57. The van der Waals surface area contributed by atoms with Gasteiger partial charge in [0.2, 0.25) is 0 Å². The normalized spacial score (nSPS) is 11.7. The Bertz CT molecular complexity index is 451. The number of nitrogens with one attached hydrogen (secondary N) is 2. The maximum atomic E-state index is 11.6. The number of carbonyl (C=O) groups is 2. The molecule has 0 bridgehead atoms. The van der Waals surface area contributed by atoms with Gasteiger partial charge in [0, 0.05) is 11.0 Å². The van der Waals surface area contributed by atoms with Gasteiger partial charge in [0.25, 0.3) is 0 Å². The number of carboxylic acids is 1. The average molecular weight is 329 g/mol. The highest BCUT2D eigenvalue weighted by Crippen LogP contribution is 2.15. The van der Waals surface area contributed by atoms with Gasteiger partial charge in [0.1, 0.15) is 6.04 Å². The summed E-state index contributed by atoms with van der Waals surface area (Å²) >= 11 is 3.38. The van der Waals surface area contributed by atoms with Crippen molar-refractivity contribution in [2.75, 3.05) is 0 Å². The van der Waals surface area contributed by atoms with Crippen molar-refractivity contribution >= 4 is 27.9 Å². The summed E-state index contributed by atoms with van der Waals surface area (Å²) in [4.78, 5) is 22.5. The van der Waals surface area contributed by atoms with Gasteiger partial charge in [-0.15, -0.1) is 0 Å². The number of hydrogen-bond acceptors (Lipinski definition) is 2. The summed E-state index contributed by atoms with van der Waals surface area (Å²) in [5, 5.41) is 14.0. The van der Waals surface area contributed by atoms with Crippen LogP contribution in [0.2, 0.25) is 0 Å². The van der Waals surface area contributed by atoms with Crippen LogP contribution in [0.4, 0.5) is 4.79 Å². The quantitative estimate of drug-likeness (QED) is 0.750. The van der Waals surface area contributed by atoms with Crippen molar-refractivity contribution in [3.05, 3.63) is 34.3 Å². The molecule has 2 amide bonds. The molecular weight excluding hydrogens is 312 g/mol. The summed E-state index contributed by atoms with van der Waals surface area (Å²) in [5.41, 5.74) is 0.931. The molecule has 1 atom stereocenters. The standard InChI is InChI=1S/C13H17BrN2O3/c1-2-5-11(12(17)18)16-13(19)15-8-9-6-3-4-7-10(9)14/h3-4,6-7,11H,2,5,8H2,1H3,(H,17,18)(H2,15,16,19)/t11-/m1/s1. The first-order chi connectivity index (χ1) is 9.04. The van der Waals surface area contributed by atoms with Crippen LogP contribution in [0.25, 0.3) is 0 Å². The van der Waals surface area contributed by atoms with Gasteiger partial charge in [-0.2, -0.15) is 0 Å². The van der Waals surface area contributed by atoms with E-state index in [2.05, 4.69) is 26.6 Å². The van der Waals surface area contributed by atoms with Gasteiger partial charge < -0.3 is 15.7 Å². The first-order valence-electron chi connectivity index (χ1n) is 6.05. The number of carbonyl (C=O) groups excluding carboxylic acids is 1. The summed E-state index contributed by atoms with van der Waals surface area (Å²) in [6.07, 6.45) is 1.11. The van der Waals surface area contributed by atoms with Crippen LogP contribution in [-0.2, 0) is 11.3 Å². The lowest BCUT2D eigenvalue weighted by Gasteiger charge is -2.14. The monoisotopic (exact) mass is 328 g/mol. The molecule has 1 aromatic carbocycles. The highest BCUT2D eigenvalue weighted by Gasteiger charge is 2.18. The summed E-state index contributed by atoms with van der Waals surface area (Å²) in [5.74, 6) is -1.02. The Hall–Kier alpha value is -1.56. The first-order valence-corrected chi connectivity index (χ1v) is 6.84. The van der Waals surface area contributed by atoms with E-state index < -0.39 is 18.0 Å². The van der Waals surface area contributed by atoms with E-state index in [1.54, 1.807) is 0 Å². The Labute approximate surface area is 120 Å². The van der Waals surface area contributed by atoms with Gasteiger partial charge in [0.15, 0.2) is 0 Å². The number of benzene rings is 1. The smallest absolute Gasteiger partial charge is 0.326 e. The van der Waals surface area contributed by atoms with E-state index in [1.807, 2.05) is 31.2 Å². The highest BCUT2D eigenvalue weighted by atomic mass is 79.9. The Morgan fingerprint density at radius 3 is 2.63 bits per heavy atom. The topological polar surface area (TPSA) is 78.4 Å². The molecule has 104 valence electrons. The molecule has 0 aliphatic rings. The van der Waals surface area contributed by atoms with Crippen molar-refractivity contribution in [1.82, 2.24) is 10.6 Å². The molecule has 0 unspecified atom stereocenters. The molecule has 0 aromatic heterocycles. The maximum absolute atomic E-state index is 11.6. The molecule has 3 N–H and O–H groups in total. The Balaban J connectivity index is 2.47. The number of rotatable bonds is 6. The van der Waals surface area contributed by atoms with Gasteiger partial charge in [-0.3, -0.25) is 0 Å². The first kappa shape index (κ1) is 15.5. The third-order valence-corrected chi connectivity index (χ3v) is 3.35. The molecule has 0 radical (unpaired) electrons. The van der Waals surface area contributed by atoms with Crippen molar-refractivity contribution < 1.29 is 14.7 Å². The van der Waals surface area contributed by atoms with Gasteiger partial charge in [-0.05, 0) is 18.1 Å². The molecule has 5 nitrogen and oxygen atoms in total. The zero-order chi connectivity index (χ0) is 14.3. The molecule has 0 saturated heterocycles. The summed E-state index contributed by atoms with van der Waals surface area (Å²) in [6, 6.07) is 6.20. The van der Waals surface area contributed by atoms with Crippen LogP contribution >= 0.6 is 15.9 Å². The van der Waals surface area contributed by atoms with E-state index in [-0.39, 0.29) is 0 Å². The van der Waals surface area contributed by atoms with Crippen LogP contribution < -0.4 is 10.6 Å². The average Bonchev–Trinajstić information content (AvgIpc) is 2.37. The molecule has 0 fully saturated rings. The van der Waals surface area contributed by atoms with Crippen molar-refractivity contribution in [3.8, 4) is 0 Å². The highest BCUT2D eigenvalue weighted by molar-refractivity contribution is 9.10. The Kier molecular flexibility index (Phi) is 6.35. The Morgan fingerprint density at radius 1 is 1.37 bits per heavy atom. The SMILES string of the molecule is CCC[C@@H](NC(=O)NCc1ccccc1Br)C(=O)O. The lowest BCUT2D eigenvalue weighted by Crippen LogP contribution is -2.45. The molecular formula is C13H17BrN2O3. The molecule has 1 aromatic rings. The number of aliphatic carboxylic acids is 1. The summed E-state index contributed by atoms with van der Waals surface area (Å²) in [6.45, 7) is 2.21. The van der Waals surface area contributed by atoms with Crippen LogP contribution in [0.5, 0.6) is 0 Å². The zero-order valence-corrected chi connectivity index (χ0v) is 12.2. The number of urea groups is 1. The third-order valence-electron chi connectivity index (χ3n) is 2.58. The molecule has 19 heavy (non-hydrogen) atoms. The van der Waals surface area contributed by atoms with Crippen LogP contribution in [-0.4, -0.2) is 23.1 Å². The maximum Gasteiger partial charge on any atom is 0.326 e. The van der Waals surface area contributed by atoms with Gasteiger partial charge in [-0.25, -0.2) is 9.59 Å². The largest absolute Gasteiger partial charge is 0.480 e. The van der Waals surface area contributed by atoms with Crippen molar-refractivity contribution in [1.29, 1.82) is 0 Å². The van der Waals surface area contributed by atoms with E-state index in [4.69, 9.17) is 5.11 Å². The number of hydrogen-bond donors (Lipinski definition) is 3. The molecule has 0 aliphatic carbocycles. The second-order valence-corrected chi connectivity index (χ2v) is 4.95. The molecule has 0 aliphatic heterocycles. The lowest BCUT2D eigenvalue weighted by molar-refractivity contribution is -0.139. The van der Waals surface area contributed by atoms with E-state index in [9.17, 15) is 9.59 Å². The second kappa shape index (κ2) is 7.78. The Morgan fingerprint density at radius 2 is 2.05 bits per heavy atom. The van der Waals surface area contributed by atoms with Crippen molar-refractivity contribution in [2.24, 2.45) is 0 Å². The van der Waals surface area contributed by atoms with Crippen molar-refractivity contribution in [3.63, 3.8) is 0 Å². The third kappa shape index (κ3) is 5.30. The van der Waals surface area contributed by atoms with Gasteiger partial charge in [0.05, 0.1) is 0 Å². The zero-order valence-electron chi connectivity index (χ0n) is 10.6. The minimum absolute atomic E-state index is 0.339. The van der Waals surface area contributed by atoms with E-state index in [0.717, 1.165) is 10.0 Å². The minimum atomic E-state index is -1.02. The molecule has 6 heteroatoms. The van der Waals surface area contributed by atoms with Crippen LogP contribution in [0.3, 0.4) is 0 Å². The second-order valence-electron chi connectivity index (χ2n) is 4.10. The van der Waals surface area contributed by atoms with Crippen LogP contribution in [0.15, 0.2) is 28.7 Å². The number of halogens is 1. The fourth-order valence-corrected chi connectivity index (χ4v) is 2.00. The molecule has 0 spiro atoms. The molecule has 0 saturated carbocycles. The van der Waals surface area contributed by atoms with Crippen LogP contribution in [0, 0.1) is 0 Å². The number of carboxylic acid groups (broad SMARTS) is 1. The lowest BCUT2D eigenvalue weighted by atomic mass is 10.2. The summed E-state index contributed by atoms with van der Waals surface area (Å²) < 4.78 is 0.902. The van der Waals surface area contributed by atoms with Gasteiger partial charge in [-0.1, -0.05) is 47.5 Å². The van der Waals surface area contributed by atoms with E-state index >= 15 is 0 Å². The fraction of sp³-hybridized carbons (Fsp3) is 0.385. The minimum Gasteiger partial charge on any atom is -0.480 e. The predicted octanol–water partition coefficient (Wildman–Crippen LogP) is 2.50. The van der Waals surface area contributed by atoms with E-state index in [0.29, 0.717) is 19.4 Å². The molecule has 1 rings (SSSR count). The van der Waals surface area contributed by atoms with Gasteiger partial charge >= 0.3 is 12.0 Å². The van der Waals surface area contributed by atoms with Crippen molar-refractivity contribution in [2.45, 2.75) is 32.4 Å². The number of amides is 2. The predicted molar refractivity (Wildman–Crippen MR) is 75.8 cm³/mol. The summed E-state index contributed by atoms with van der Waals surface area (Å²) in [7, 11) is 0. The van der Waals surface area contributed by atoms with Crippen LogP contribution in [0.1, 0.15) is 25.3 Å².